The molecule has 172 valence electrons. The topological polar surface area (TPSA) is 111 Å². The Labute approximate surface area is 195 Å². The van der Waals surface area contributed by atoms with Crippen LogP contribution in [0.5, 0.6) is 11.5 Å². The van der Waals surface area contributed by atoms with Gasteiger partial charge in [-0.1, -0.05) is 30.3 Å². The van der Waals surface area contributed by atoms with E-state index in [1.54, 1.807) is 18.2 Å². The van der Waals surface area contributed by atoms with Crippen LogP contribution < -0.4 is 14.8 Å². The Morgan fingerprint density at radius 1 is 0.912 bits per heavy atom. The van der Waals surface area contributed by atoms with Crippen molar-refractivity contribution < 1.29 is 24.0 Å². The predicted octanol–water partition coefficient (Wildman–Crippen LogP) is 4.00. The van der Waals surface area contributed by atoms with Crippen LogP contribution in [0.15, 0.2) is 78.5 Å². The number of ether oxygens (including phenoxy) is 2. The first-order chi connectivity index (χ1) is 16.4. The Morgan fingerprint density at radius 3 is 2.24 bits per heavy atom. The largest absolute Gasteiger partial charge is 0.497 e. The Bertz CT molecular complexity index is 1290. The average molecular weight is 459 g/mol. The van der Waals surface area contributed by atoms with E-state index < -0.39 is 16.7 Å². The minimum atomic E-state index is -0.525. The lowest BCUT2D eigenvalue weighted by Crippen LogP contribution is -2.32. The lowest BCUT2D eigenvalue weighted by Gasteiger charge is -2.16. The summed E-state index contributed by atoms with van der Waals surface area (Å²) >= 11 is 0. The number of anilines is 1. The summed E-state index contributed by atoms with van der Waals surface area (Å²) in [6, 6.07) is 19.7. The number of nitro groups is 1. The molecule has 0 unspecified atom stereocenters. The molecular weight excluding hydrogens is 438 g/mol. The highest BCUT2D eigenvalue weighted by molar-refractivity contribution is 6.36. The zero-order chi connectivity index (χ0) is 24.2. The number of amides is 2. The van der Waals surface area contributed by atoms with Gasteiger partial charge in [0, 0.05) is 18.2 Å². The third-order valence-electron chi connectivity index (χ3n) is 5.39. The van der Waals surface area contributed by atoms with Crippen LogP contribution in [0.1, 0.15) is 11.1 Å². The molecule has 2 amide bonds. The molecule has 0 spiro atoms. The Hall–Kier alpha value is -4.66. The molecular formula is C25H21N3O6. The van der Waals surface area contributed by atoms with E-state index in [1.165, 1.54) is 38.5 Å². The van der Waals surface area contributed by atoms with Gasteiger partial charge in [0.25, 0.3) is 17.5 Å². The first-order valence-electron chi connectivity index (χ1n) is 10.3. The molecule has 1 heterocycles. The summed E-state index contributed by atoms with van der Waals surface area (Å²) in [6.45, 7) is 0.0832. The molecule has 0 aromatic heterocycles. The quantitative estimate of drug-likeness (QED) is 0.308. The molecule has 1 aliphatic heterocycles. The van der Waals surface area contributed by atoms with Gasteiger partial charge < -0.3 is 14.8 Å². The highest BCUT2D eigenvalue weighted by Gasteiger charge is 2.39. The number of nitro benzene ring substituents is 1. The molecule has 0 radical (unpaired) electrons. The first kappa shape index (κ1) is 22.5. The van der Waals surface area contributed by atoms with Crippen molar-refractivity contribution in [3.63, 3.8) is 0 Å². The number of nitrogens with one attached hydrogen (secondary N) is 1. The van der Waals surface area contributed by atoms with Crippen molar-refractivity contribution in [2.45, 2.75) is 6.54 Å². The fourth-order valence-corrected chi connectivity index (χ4v) is 3.66. The number of carbonyl (C=O) groups excluding carboxylic acids is 2. The van der Waals surface area contributed by atoms with Gasteiger partial charge in [0.05, 0.1) is 36.9 Å². The van der Waals surface area contributed by atoms with Crippen molar-refractivity contribution in [1.29, 1.82) is 0 Å². The van der Waals surface area contributed by atoms with Crippen molar-refractivity contribution in [3.05, 3.63) is 99.7 Å². The lowest BCUT2D eigenvalue weighted by molar-refractivity contribution is -0.384. The minimum Gasteiger partial charge on any atom is -0.497 e. The van der Waals surface area contributed by atoms with Crippen molar-refractivity contribution in [3.8, 4) is 11.5 Å². The van der Waals surface area contributed by atoms with Gasteiger partial charge in [-0.2, -0.15) is 0 Å². The second-order valence-corrected chi connectivity index (χ2v) is 7.43. The summed E-state index contributed by atoms with van der Waals surface area (Å²) in [7, 11) is 3.01. The average Bonchev–Trinajstić information content (AvgIpc) is 3.09. The Balaban J connectivity index is 1.77. The van der Waals surface area contributed by atoms with Crippen molar-refractivity contribution in [2.24, 2.45) is 0 Å². The van der Waals surface area contributed by atoms with E-state index in [4.69, 9.17) is 9.47 Å². The van der Waals surface area contributed by atoms with Crippen LogP contribution in [0, 0.1) is 10.1 Å². The number of methoxy groups -OCH3 is 2. The number of hydrogen-bond acceptors (Lipinski definition) is 7. The number of rotatable bonds is 8. The normalized spacial score (nSPS) is 13.3. The monoisotopic (exact) mass is 459 g/mol. The summed E-state index contributed by atoms with van der Waals surface area (Å²) in [5.41, 5.74) is 1.69. The summed E-state index contributed by atoms with van der Waals surface area (Å²) in [5.74, 6) is -0.0408. The minimum absolute atomic E-state index is 0.0539. The van der Waals surface area contributed by atoms with E-state index in [1.807, 2.05) is 30.3 Å². The fourth-order valence-electron chi connectivity index (χ4n) is 3.66. The number of carbonyl (C=O) groups is 2. The molecule has 0 aliphatic carbocycles. The third-order valence-corrected chi connectivity index (χ3v) is 5.39. The molecule has 1 aliphatic rings. The highest BCUT2D eigenvalue weighted by atomic mass is 16.6. The van der Waals surface area contributed by atoms with E-state index in [-0.39, 0.29) is 23.5 Å². The zero-order valence-corrected chi connectivity index (χ0v) is 18.5. The number of nitrogens with zero attached hydrogens (tertiary/aromatic N) is 2. The molecule has 3 aromatic carbocycles. The number of non-ortho nitro benzene ring substituents is 1. The lowest BCUT2D eigenvalue weighted by atomic mass is 10.0. The molecule has 0 bridgehead atoms. The van der Waals surface area contributed by atoms with E-state index >= 15 is 0 Å². The molecule has 0 saturated heterocycles. The molecule has 0 saturated carbocycles. The van der Waals surface area contributed by atoms with Gasteiger partial charge in [-0.3, -0.25) is 24.6 Å². The van der Waals surface area contributed by atoms with Gasteiger partial charge in [0.2, 0.25) is 0 Å². The molecule has 9 nitrogen and oxygen atoms in total. The van der Waals surface area contributed by atoms with E-state index in [2.05, 4.69) is 5.32 Å². The maximum Gasteiger partial charge on any atom is 0.278 e. The third kappa shape index (κ3) is 4.31. The van der Waals surface area contributed by atoms with Crippen LogP contribution in [0.2, 0.25) is 0 Å². The Kier molecular flexibility index (Phi) is 6.26. The summed E-state index contributed by atoms with van der Waals surface area (Å²) in [4.78, 5) is 38.5. The van der Waals surface area contributed by atoms with Gasteiger partial charge in [-0.25, -0.2) is 0 Å². The van der Waals surface area contributed by atoms with Crippen LogP contribution >= 0.6 is 0 Å². The van der Waals surface area contributed by atoms with Gasteiger partial charge in [0.15, 0.2) is 0 Å². The van der Waals surface area contributed by atoms with Crippen LogP contribution in [0.25, 0.3) is 5.57 Å². The standard InChI is InChI=1S/C25H21N3O6/c1-33-19-12-13-20(21(14-19)34-2)26-23-22(17-8-10-18(11-9-17)28(31)32)24(29)27(25(23)30)15-16-6-4-3-5-7-16/h3-14,26H,15H2,1-2H3. The van der Waals surface area contributed by atoms with Gasteiger partial charge in [-0.15, -0.1) is 0 Å². The zero-order valence-electron chi connectivity index (χ0n) is 18.5. The maximum absolute atomic E-state index is 13.4. The molecule has 34 heavy (non-hydrogen) atoms. The van der Waals surface area contributed by atoms with E-state index in [0.29, 0.717) is 22.7 Å². The number of hydrogen-bond donors (Lipinski definition) is 1. The summed E-state index contributed by atoms with van der Waals surface area (Å²) in [6.07, 6.45) is 0. The Morgan fingerprint density at radius 2 is 1.62 bits per heavy atom. The van der Waals surface area contributed by atoms with Crippen molar-refractivity contribution in [2.75, 3.05) is 19.5 Å². The summed E-state index contributed by atoms with van der Waals surface area (Å²) in [5, 5.41) is 14.1. The predicted molar refractivity (Wildman–Crippen MR) is 125 cm³/mol. The van der Waals surface area contributed by atoms with Gasteiger partial charge in [0.1, 0.15) is 17.2 Å². The molecule has 0 atom stereocenters. The SMILES string of the molecule is COc1ccc(NC2=C(c3ccc([N+](=O)[O-])cc3)C(=O)N(Cc3ccccc3)C2=O)c(OC)c1. The van der Waals surface area contributed by atoms with Crippen LogP contribution in [0.4, 0.5) is 11.4 Å². The van der Waals surface area contributed by atoms with Crippen molar-refractivity contribution in [1.82, 2.24) is 4.90 Å². The van der Waals surface area contributed by atoms with Crippen LogP contribution in [-0.4, -0.2) is 35.9 Å². The molecule has 4 rings (SSSR count). The maximum atomic E-state index is 13.4. The number of benzene rings is 3. The number of imide groups is 1. The molecule has 1 N–H and O–H groups in total. The van der Waals surface area contributed by atoms with Crippen LogP contribution in [-0.2, 0) is 16.1 Å². The first-order valence-corrected chi connectivity index (χ1v) is 10.3. The highest BCUT2D eigenvalue weighted by Crippen LogP contribution is 2.36. The van der Waals surface area contributed by atoms with Gasteiger partial charge in [-0.05, 0) is 35.4 Å². The van der Waals surface area contributed by atoms with Crippen LogP contribution in [0.3, 0.4) is 0 Å². The fraction of sp³-hybridized carbons (Fsp3) is 0.120. The van der Waals surface area contributed by atoms with E-state index in [9.17, 15) is 19.7 Å². The molecule has 9 heteroatoms. The van der Waals surface area contributed by atoms with Gasteiger partial charge >= 0.3 is 0 Å². The summed E-state index contributed by atoms with van der Waals surface area (Å²) < 4.78 is 10.6. The van der Waals surface area contributed by atoms with E-state index in [0.717, 1.165) is 10.5 Å². The second-order valence-electron chi connectivity index (χ2n) is 7.43. The second kappa shape index (κ2) is 9.45. The van der Waals surface area contributed by atoms with Crippen molar-refractivity contribution >= 4 is 28.8 Å². The molecule has 0 fully saturated rings. The molecule has 3 aromatic rings. The smallest absolute Gasteiger partial charge is 0.278 e.